The van der Waals surface area contributed by atoms with Gasteiger partial charge >= 0.3 is 0 Å². The van der Waals surface area contributed by atoms with E-state index in [-0.39, 0.29) is 17.9 Å². The number of carbonyl (C=O) groups excluding carboxylic acids is 1. The van der Waals surface area contributed by atoms with Crippen LogP contribution in [0.5, 0.6) is 0 Å². The van der Waals surface area contributed by atoms with E-state index in [2.05, 4.69) is 10.3 Å². The molecule has 6 nitrogen and oxygen atoms in total. The van der Waals surface area contributed by atoms with Crippen molar-refractivity contribution in [2.45, 2.75) is 32.6 Å². The summed E-state index contributed by atoms with van der Waals surface area (Å²) in [4.78, 5) is 30.8. The summed E-state index contributed by atoms with van der Waals surface area (Å²) in [6, 6.07) is 3.80. The van der Waals surface area contributed by atoms with Crippen LogP contribution in [0.15, 0.2) is 33.9 Å². The number of rotatable bonds is 8. The lowest BCUT2D eigenvalue weighted by atomic mass is 10.2. The topological polar surface area (TPSA) is 77.1 Å². The zero-order valence-electron chi connectivity index (χ0n) is 14.8. The van der Waals surface area contributed by atoms with Gasteiger partial charge in [0.25, 0.3) is 5.56 Å². The molecule has 0 saturated carbocycles. The van der Waals surface area contributed by atoms with Crippen LogP contribution in [-0.4, -0.2) is 27.8 Å². The van der Waals surface area contributed by atoms with Crippen molar-refractivity contribution < 1.29 is 9.21 Å². The Hall–Kier alpha value is -2.06. The maximum absolute atomic E-state index is 12.6. The van der Waals surface area contributed by atoms with Crippen molar-refractivity contribution in [1.29, 1.82) is 0 Å². The standard InChI is InChI=1S/C18H21N3O3S2/c1-12-13(2)26-17-16(12)18(23)21(11-20-17)7-5-15(22)19-6-9-25-10-14-4-3-8-24-14/h3-4,8,11H,5-7,9-10H2,1-2H3,(H,19,22). The van der Waals surface area contributed by atoms with Crippen LogP contribution in [0.25, 0.3) is 10.2 Å². The molecule has 0 aromatic carbocycles. The molecular formula is C18H21N3O3S2. The lowest BCUT2D eigenvalue weighted by Crippen LogP contribution is -2.29. The van der Waals surface area contributed by atoms with E-state index in [9.17, 15) is 9.59 Å². The predicted molar refractivity (Wildman–Crippen MR) is 106 cm³/mol. The summed E-state index contributed by atoms with van der Waals surface area (Å²) in [5, 5.41) is 3.55. The molecule has 8 heteroatoms. The molecule has 3 heterocycles. The Morgan fingerprint density at radius 2 is 2.27 bits per heavy atom. The van der Waals surface area contributed by atoms with Crippen molar-refractivity contribution >= 4 is 39.2 Å². The molecular weight excluding hydrogens is 370 g/mol. The molecule has 0 unspecified atom stereocenters. The third kappa shape index (κ3) is 4.37. The number of hydrogen-bond donors (Lipinski definition) is 1. The van der Waals surface area contributed by atoms with E-state index in [4.69, 9.17) is 4.42 Å². The SMILES string of the molecule is Cc1sc2ncn(CCC(=O)NCCSCc3ccco3)c(=O)c2c1C. The minimum atomic E-state index is -0.0707. The maximum Gasteiger partial charge on any atom is 0.262 e. The number of nitrogens with one attached hydrogen (secondary N) is 1. The van der Waals surface area contributed by atoms with Crippen molar-refractivity contribution in [1.82, 2.24) is 14.9 Å². The zero-order valence-corrected chi connectivity index (χ0v) is 16.4. The smallest absolute Gasteiger partial charge is 0.262 e. The highest BCUT2D eigenvalue weighted by Gasteiger charge is 2.12. The summed E-state index contributed by atoms with van der Waals surface area (Å²) < 4.78 is 6.78. The first kappa shape index (κ1) is 18.7. The fourth-order valence-electron chi connectivity index (χ4n) is 2.57. The molecule has 3 rings (SSSR count). The zero-order chi connectivity index (χ0) is 18.5. The van der Waals surface area contributed by atoms with Gasteiger partial charge in [0.15, 0.2) is 0 Å². The molecule has 0 bridgehead atoms. The average Bonchev–Trinajstić information content (AvgIpc) is 3.23. The third-order valence-corrected chi connectivity index (χ3v) is 6.23. The third-order valence-electron chi connectivity index (χ3n) is 4.13. The van der Waals surface area contributed by atoms with Crippen LogP contribution in [-0.2, 0) is 17.1 Å². The molecule has 3 aromatic rings. The molecule has 0 fully saturated rings. The molecule has 0 aliphatic heterocycles. The highest BCUT2D eigenvalue weighted by Crippen LogP contribution is 2.25. The molecule has 0 aliphatic carbocycles. The van der Waals surface area contributed by atoms with E-state index in [1.165, 1.54) is 22.2 Å². The number of fused-ring (bicyclic) bond motifs is 1. The predicted octanol–water partition coefficient (Wildman–Crippen LogP) is 3.11. The summed E-state index contributed by atoms with van der Waals surface area (Å²) in [6.45, 7) is 4.86. The van der Waals surface area contributed by atoms with Crippen LogP contribution in [0.2, 0.25) is 0 Å². The first-order chi connectivity index (χ1) is 12.6. The Balaban J connectivity index is 1.45. The average molecular weight is 392 g/mol. The Morgan fingerprint density at radius 3 is 3.04 bits per heavy atom. The number of thiophene rings is 1. The molecule has 1 amide bonds. The van der Waals surface area contributed by atoms with Crippen molar-refractivity contribution in [3.05, 3.63) is 51.3 Å². The van der Waals surface area contributed by atoms with Gasteiger partial charge in [-0.15, -0.1) is 11.3 Å². The molecule has 0 spiro atoms. The first-order valence-corrected chi connectivity index (χ1v) is 10.4. The molecule has 0 aliphatic rings. The van der Waals surface area contributed by atoms with Gasteiger partial charge < -0.3 is 9.73 Å². The Labute approximate surface area is 159 Å². The summed E-state index contributed by atoms with van der Waals surface area (Å²) >= 11 is 3.23. The van der Waals surface area contributed by atoms with Crippen LogP contribution in [0.3, 0.4) is 0 Å². The molecule has 0 saturated heterocycles. The summed E-state index contributed by atoms with van der Waals surface area (Å²) in [5.74, 6) is 2.48. The molecule has 1 N–H and O–H groups in total. The van der Waals surface area contributed by atoms with E-state index in [1.807, 2.05) is 26.0 Å². The van der Waals surface area contributed by atoms with Crippen LogP contribution >= 0.6 is 23.1 Å². The van der Waals surface area contributed by atoms with Gasteiger partial charge in [-0.1, -0.05) is 0 Å². The van der Waals surface area contributed by atoms with Crippen molar-refractivity contribution in [2.24, 2.45) is 0 Å². The van der Waals surface area contributed by atoms with E-state index >= 15 is 0 Å². The molecule has 138 valence electrons. The quantitative estimate of drug-likeness (QED) is 0.597. The second-order valence-electron chi connectivity index (χ2n) is 5.94. The molecule has 0 radical (unpaired) electrons. The highest BCUT2D eigenvalue weighted by molar-refractivity contribution is 7.98. The number of nitrogens with zero attached hydrogens (tertiary/aromatic N) is 2. The van der Waals surface area contributed by atoms with Gasteiger partial charge in [-0.3, -0.25) is 14.2 Å². The van der Waals surface area contributed by atoms with Gasteiger partial charge in [0.05, 0.1) is 23.7 Å². The number of aryl methyl sites for hydroxylation is 3. The molecule has 3 aromatic heterocycles. The number of aromatic nitrogens is 2. The summed E-state index contributed by atoms with van der Waals surface area (Å²) in [6.07, 6.45) is 3.45. The molecule has 0 atom stereocenters. The number of hydrogen-bond acceptors (Lipinski definition) is 6. The number of thioether (sulfide) groups is 1. The lowest BCUT2D eigenvalue weighted by molar-refractivity contribution is -0.121. The summed E-state index contributed by atoms with van der Waals surface area (Å²) in [7, 11) is 0. The second-order valence-corrected chi connectivity index (χ2v) is 8.25. The van der Waals surface area contributed by atoms with Gasteiger partial charge in [-0.2, -0.15) is 11.8 Å². The lowest BCUT2D eigenvalue weighted by Gasteiger charge is -2.07. The van der Waals surface area contributed by atoms with Crippen LogP contribution in [0.4, 0.5) is 0 Å². The maximum atomic E-state index is 12.6. The van der Waals surface area contributed by atoms with E-state index < -0.39 is 0 Å². The highest BCUT2D eigenvalue weighted by atomic mass is 32.2. The van der Waals surface area contributed by atoms with Gasteiger partial charge in [0.2, 0.25) is 5.91 Å². The normalized spacial score (nSPS) is 11.2. The number of carbonyl (C=O) groups is 1. The Bertz CT molecular complexity index is 945. The van der Waals surface area contributed by atoms with Crippen LogP contribution < -0.4 is 10.9 Å². The molecule has 26 heavy (non-hydrogen) atoms. The number of furan rings is 1. The van der Waals surface area contributed by atoms with Crippen LogP contribution in [0, 0.1) is 13.8 Å². The van der Waals surface area contributed by atoms with Gasteiger partial charge in [0.1, 0.15) is 10.6 Å². The van der Waals surface area contributed by atoms with Gasteiger partial charge in [0, 0.05) is 30.1 Å². The Kier molecular flexibility index (Phi) is 6.16. The number of amides is 1. The van der Waals surface area contributed by atoms with E-state index in [1.54, 1.807) is 18.0 Å². The monoisotopic (exact) mass is 391 g/mol. The Morgan fingerprint density at radius 1 is 1.42 bits per heavy atom. The minimum Gasteiger partial charge on any atom is -0.468 e. The van der Waals surface area contributed by atoms with E-state index in [0.29, 0.717) is 18.5 Å². The van der Waals surface area contributed by atoms with Crippen LogP contribution in [0.1, 0.15) is 22.6 Å². The van der Waals surface area contributed by atoms with Crippen molar-refractivity contribution in [3.8, 4) is 0 Å². The van der Waals surface area contributed by atoms with Crippen molar-refractivity contribution in [3.63, 3.8) is 0 Å². The van der Waals surface area contributed by atoms with E-state index in [0.717, 1.165) is 32.5 Å². The van der Waals surface area contributed by atoms with Gasteiger partial charge in [-0.05, 0) is 31.5 Å². The minimum absolute atomic E-state index is 0.0613. The first-order valence-electron chi connectivity index (χ1n) is 8.38. The largest absolute Gasteiger partial charge is 0.468 e. The van der Waals surface area contributed by atoms with Crippen molar-refractivity contribution in [2.75, 3.05) is 12.3 Å². The fraction of sp³-hybridized carbons (Fsp3) is 0.389. The van der Waals surface area contributed by atoms with Gasteiger partial charge in [-0.25, -0.2) is 4.98 Å². The second kappa shape index (κ2) is 8.55. The fourth-order valence-corrected chi connectivity index (χ4v) is 4.31. The summed E-state index contributed by atoms with van der Waals surface area (Å²) in [5.41, 5.74) is 0.911.